The van der Waals surface area contributed by atoms with Crippen LogP contribution in [0.5, 0.6) is 5.75 Å². The standard InChI is InChI=1S/C16H27NOS/c1-5-11-17-16(13(3)19-12-6-2)14-7-9-15(18-4)10-8-14/h7-10,13,16-17H,5-6,11-12H2,1-4H3. The van der Waals surface area contributed by atoms with Crippen LogP contribution in [0.1, 0.15) is 45.2 Å². The quantitative estimate of drug-likeness (QED) is 0.730. The van der Waals surface area contributed by atoms with E-state index in [4.69, 9.17) is 4.74 Å². The second-order valence-corrected chi connectivity index (χ2v) is 6.27. The van der Waals surface area contributed by atoms with Crippen molar-refractivity contribution in [3.05, 3.63) is 29.8 Å². The molecule has 0 saturated heterocycles. The first-order valence-corrected chi connectivity index (χ1v) is 8.26. The summed E-state index contributed by atoms with van der Waals surface area (Å²) in [6.45, 7) is 7.83. The van der Waals surface area contributed by atoms with Crippen LogP contribution in [0.4, 0.5) is 0 Å². The minimum Gasteiger partial charge on any atom is -0.497 e. The lowest BCUT2D eigenvalue weighted by atomic mass is 10.0. The Hall–Kier alpha value is -0.670. The molecular formula is C16H27NOS. The number of nitrogens with one attached hydrogen (secondary N) is 1. The van der Waals surface area contributed by atoms with E-state index >= 15 is 0 Å². The predicted octanol–water partition coefficient (Wildman–Crippen LogP) is 4.27. The van der Waals surface area contributed by atoms with E-state index in [1.165, 1.54) is 17.7 Å². The zero-order valence-corrected chi connectivity index (χ0v) is 13.4. The van der Waals surface area contributed by atoms with Gasteiger partial charge in [-0.2, -0.15) is 11.8 Å². The van der Waals surface area contributed by atoms with E-state index in [1.54, 1.807) is 7.11 Å². The van der Waals surface area contributed by atoms with Crippen LogP contribution in [0.15, 0.2) is 24.3 Å². The molecule has 0 aliphatic rings. The Morgan fingerprint density at radius 3 is 2.37 bits per heavy atom. The fourth-order valence-electron chi connectivity index (χ4n) is 2.07. The van der Waals surface area contributed by atoms with Gasteiger partial charge < -0.3 is 10.1 Å². The van der Waals surface area contributed by atoms with Gasteiger partial charge >= 0.3 is 0 Å². The fraction of sp³-hybridized carbons (Fsp3) is 0.625. The van der Waals surface area contributed by atoms with Crippen molar-refractivity contribution in [1.29, 1.82) is 0 Å². The SMILES string of the molecule is CCCNC(c1ccc(OC)cc1)C(C)SCCC. The Kier molecular flexibility index (Phi) is 7.99. The zero-order chi connectivity index (χ0) is 14.1. The highest BCUT2D eigenvalue weighted by atomic mass is 32.2. The second-order valence-electron chi connectivity index (χ2n) is 4.78. The maximum Gasteiger partial charge on any atom is 0.118 e. The molecule has 0 heterocycles. The first-order valence-electron chi connectivity index (χ1n) is 7.21. The fourth-order valence-corrected chi connectivity index (χ4v) is 3.12. The van der Waals surface area contributed by atoms with E-state index in [9.17, 15) is 0 Å². The van der Waals surface area contributed by atoms with Crippen molar-refractivity contribution in [2.24, 2.45) is 0 Å². The number of hydrogen-bond acceptors (Lipinski definition) is 3. The molecular weight excluding hydrogens is 254 g/mol. The third-order valence-corrected chi connectivity index (χ3v) is 4.59. The summed E-state index contributed by atoms with van der Waals surface area (Å²) in [5.41, 5.74) is 1.35. The van der Waals surface area contributed by atoms with Crippen molar-refractivity contribution >= 4 is 11.8 Å². The summed E-state index contributed by atoms with van der Waals surface area (Å²) in [6, 6.07) is 8.87. The number of hydrogen-bond donors (Lipinski definition) is 1. The van der Waals surface area contributed by atoms with Crippen LogP contribution in [-0.2, 0) is 0 Å². The lowest BCUT2D eigenvalue weighted by Gasteiger charge is -2.25. The van der Waals surface area contributed by atoms with Crippen LogP contribution in [0, 0.1) is 0 Å². The molecule has 1 rings (SSSR count). The van der Waals surface area contributed by atoms with Gasteiger partial charge in [-0.15, -0.1) is 0 Å². The van der Waals surface area contributed by atoms with E-state index < -0.39 is 0 Å². The largest absolute Gasteiger partial charge is 0.497 e. The zero-order valence-electron chi connectivity index (χ0n) is 12.6. The molecule has 1 aromatic carbocycles. The molecule has 1 N–H and O–H groups in total. The number of methoxy groups -OCH3 is 1. The van der Waals surface area contributed by atoms with Crippen LogP contribution < -0.4 is 10.1 Å². The van der Waals surface area contributed by atoms with Crippen molar-refractivity contribution in [1.82, 2.24) is 5.32 Å². The molecule has 0 radical (unpaired) electrons. The number of rotatable bonds is 9. The van der Waals surface area contributed by atoms with Gasteiger partial charge in [-0.1, -0.05) is 32.9 Å². The highest BCUT2D eigenvalue weighted by Crippen LogP contribution is 2.28. The summed E-state index contributed by atoms with van der Waals surface area (Å²) in [4.78, 5) is 0. The van der Waals surface area contributed by atoms with Gasteiger partial charge in [-0.3, -0.25) is 0 Å². The lowest BCUT2D eigenvalue weighted by Crippen LogP contribution is -2.29. The maximum atomic E-state index is 5.23. The molecule has 0 saturated carbocycles. The summed E-state index contributed by atoms with van der Waals surface area (Å²) in [5, 5.41) is 4.25. The monoisotopic (exact) mass is 281 g/mol. The summed E-state index contributed by atoms with van der Waals surface area (Å²) in [7, 11) is 1.71. The lowest BCUT2D eigenvalue weighted by molar-refractivity contribution is 0.414. The molecule has 1 aromatic rings. The molecule has 0 fully saturated rings. The molecule has 0 aliphatic heterocycles. The van der Waals surface area contributed by atoms with Gasteiger partial charge in [0.25, 0.3) is 0 Å². The normalized spacial score (nSPS) is 14.1. The minimum atomic E-state index is 0.419. The molecule has 0 aromatic heterocycles. The van der Waals surface area contributed by atoms with Gasteiger partial charge in [-0.05, 0) is 42.8 Å². The average molecular weight is 281 g/mol. The number of thioether (sulfide) groups is 1. The molecule has 108 valence electrons. The first-order chi connectivity index (χ1) is 9.22. The predicted molar refractivity (Wildman–Crippen MR) is 86.2 cm³/mol. The first kappa shape index (κ1) is 16.4. The average Bonchev–Trinajstić information content (AvgIpc) is 2.46. The van der Waals surface area contributed by atoms with Gasteiger partial charge in [0.05, 0.1) is 7.11 Å². The molecule has 0 aliphatic carbocycles. The number of ether oxygens (including phenoxy) is 1. The van der Waals surface area contributed by atoms with Gasteiger partial charge in [0.15, 0.2) is 0 Å². The Bertz CT molecular complexity index is 339. The van der Waals surface area contributed by atoms with Crippen LogP contribution >= 0.6 is 11.8 Å². The van der Waals surface area contributed by atoms with Gasteiger partial charge in [0.1, 0.15) is 5.75 Å². The van der Waals surface area contributed by atoms with E-state index in [2.05, 4.69) is 38.2 Å². The third-order valence-electron chi connectivity index (χ3n) is 3.14. The van der Waals surface area contributed by atoms with Crippen LogP contribution in [0.25, 0.3) is 0 Å². The van der Waals surface area contributed by atoms with Crippen molar-refractivity contribution in [2.45, 2.75) is 44.9 Å². The maximum absolute atomic E-state index is 5.23. The Morgan fingerprint density at radius 2 is 1.84 bits per heavy atom. The van der Waals surface area contributed by atoms with Gasteiger partial charge in [-0.25, -0.2) is 0 Å². The summed E-state index contributed by atoms with van der Waals surface area (Å²) < 4.78 is 5.23. The van der Waals surface area contributed by atoms with E-state index in [-0.39, 0.29) is 0 Å². The molecule has 2 nitrogen and oxygen atoms in total. The molecule has 3 heteroatoms. The highest BCUT2D eigenvalue weighted by molar-refractivity contribution is 7.99. The number of benzene rings is 1. The van der Waals surface area contributed by atoms with E-state index in [0.29, 0.717) is 11.3 Å². The Balaban J connectivity index is 2.75. The van der Waals surface area contributed by atoms with E-state index in [1.807, 2.05) is 23.9 Å². The molecule has 19 heavy (non-hydrogen) atoms. The second kappa shape index (κ2) is 9.27. The Morgan fingerprint density at radius 1 is 1.16 bits per heavy atom. The van der Waals surface area contributed by atoms with Gasteiger partial charge in [0, 0.05) is 11.3 Å². The van der Waals surface area contributed by atoms with Crippen LogP contribution in [0.3, 0.4) is 0 Å². The summed E-state index contributed by atoms with van der Waals surface area (Å²) in [5.74, 6) is 2.15. The third kappa shape index (κ3) is 5.45. The van der Waals surface area contributed by atoms with Crippen molar-refractivity contribution in [3.8, 4) is 5.75 Å². The smallest absolute Gasteiger partial charge is 0.118 e. The van der Waals surface area contributed by atoms with Crippen LogP contribution in [0.2, 0.25) is 0 Å². The molecule has 0 amide bonds. The van der Waals surface area contributed by atoms with Crippen molar-refractivity contribution in [2.75, 3.05) is 19.4 Å². The Labute approximate surface area is 122 Å². The topological polar surface area (TPSA) is 21.3 Å². The van der Waals surface area contributed by atoms with E-state index in [0.717, 1.165) is 18.7 Å². The van der Waals surface area contributed by atoms with Gasteiger partial charge in [0.2, 0.25) is 0 Å². The van der Waals surface area contributed by atoms with Crippen LogP contribution in [-0.4, -0.2) is 24.7 Å². The molecule has 2 atom stereocenters. The summed E-state index contributed by atoms with van der Waals surface area (Å²) >= 11 is 2.05. The minimum absolute atomic E-state index is 0.419. The molecule has 0 bridgehead atoms. The highest BCUT2D eigenvalue weighted by Gasteiger charge is 2.18. The van der Waals surface area contributed by atoms with Crippen molar-refractivity contribution in [3.63, 3.8) is 0 Å². The summed E-state index contributed by atoms with van der Waals surface area (Å²) in [6.07, 6.45) is 2.40. The van der Waals surface area contributed by atoms with Crippen molar-refractivity contribution < 1.29 is 4.74 Å². The molecule has 0 spiro atoms. The molecule has 2 unspecified atom stereocenters.